The van der Waals surface area contributed by atoms with Crippen LogP contribution in [0.4, 0.5) is 5.69 Å². The predicted molar refractivity (Wildman–Crippen MR) is 50.6 cm³/mol. The fourth-order valence-corrected chi connectivity index (χ4v) is 0.860. The zero-order chi connectivity index (χ0) is 10.4. The van der Waals surface area contributed by atoms with Crippen molar-refractivity contribution in [3.05, 3.63) is 29.8 Å². The number of carboxylic acid groups (broad SMARTS) is 1. The van der Waals surface area contributed by atoms with E-state index in [2.05, 4.69) is 15.3 Å². The second-order valence-corrected chi connectivity index (χ2v) is 2.30. The normalized spacial score (nSPS) is 11.1. The number of nitrogens with two attached hydrogens (primary N) is 1. The van der Waals surface area contributed by atoms with Crippen LogP contribution >= 0.6 is 0 Å². The van der Waals surface area contributed by atoms with Gasteiger partial charge in [-0.25, -0.2) is 4.79 Å². The van der Waals surface area contributed by atoms with E-state index in [0.29, 0.717) is 0 Å². The van der Waals surface area contributed by atoms with Crippen LogP contribution in [0.2, 0.25) is 0 Å². The molecule has 0 fully saturated rings. The molecule has 0 amide bonds. The quantitative estimate of drug-likeness (QED) is 0.248. The van der Waals surface area contributed by atoms with Crippen LogP contribution in [0.1, 0.15) is 10.4 Å². The zero-order valence-corrected chi connectivity index (χ0v) is 7.16. The van der Waals surface area contributed by atoms with Gasteiger partial charge in [-0.05, 0) is 12.1 Å². The van der Waals surface area contributed by atoms with Crippen molar-refractivity contribution < 1.29 is 9.90 Å². The van der Waals surface area contributed by atoms with Gasteiger partial charge in [0.1, 0.15) is 5.69 Å². The van der Waals surface area contributed by atoms with E-state index in [0.717, 1.165) is 6.34 Å². The molecule has 3 N–H and O–H groups in total. The largest absolute Gasteiger partial charge is 0.478 e. The molecule has 1 rings (SSSR count). The second kappa shape index (κ2) is 4.70. The second-order valence-electron chi connectivity index (χ2n) is 2.30. The van der Waals surface area contributed by atoms with Gasteiger partial charge in [0.05, 0.1) is 5.56 Å². The van der Waals surface area contributed by atoms with Gasteiger partial charge in [0.2, 0.25) is 0 Å². The summed E-state index contributed by atoms with van der Waals surface area (Å²) in [6.07, 6.45) is 1.03. The maximum atomic E-state index is 10.7. The molecule has 6 heteroatoms. The first kappa shape index (κ1) is 9.85. The average Bonchev–Trinajstić information content (AvgIpc) is 2.19. The third-order valence-corrected chi connectivity index (χ3v) is 1.42. The number of rotatable bonds is 3. The molecule has 0 spiro atoms. The number of hydrazone groups is 1. The van der Waals surface area contributed by atoms with Crippen molar-refractivity contribution in [1.29, 1.82) is 0 Å². The number of carboxylic acids is 1. The molecule has 0 saturated carbocycles. The Labute approximate surface area is 79.8 Å². The van der Waals surface area contributed by atoms with Crippen molar-refractivity contribution in [2.24, 2.45) is 21.2 Å². The van der Waals surface area contributed by atoms with Gasteiger partial charge in [-0.1, -0.05) is 12.1 Å². The summed E-state index contributed by atoms with van der Waals surface area (Å²) in [5, 5.41) is 18.9. The van der Waals surface area contributed by atoms with Gasteiger partial charge in [0.15, 0.2) is 6.34 Å². The van der Waals surface area contributed by atoms with E-state index in [-0.39, 0.29) is 11.3 Å². The van der Waals surface area contributed by atoms with Crippen molar-refractivity contribution in [3.8, 4) is 0 Å². The van der Waals surface area contributed by atoms with E-state index < -0.39 is 5.97 Å². The van der Waals surface area contributed by atoms with Crippen molar-refractivity contribution >= 4 is 18.0 Å². The van der Waals surface area contributed by atoms with Crippen LogP contribution in [-0.4, -0.2) is 17.4 Å². The van der Waals surface area contributed by atoms with Crippen LogP contribution in [-0.2, 0) is 0 Å². The van der Waals surface area contributed by atoms with E-state index in [4.69, 9.17) is 10.9 Å². The van der Waals surface area contributed by atoms with Gasteiger partial charge in [-0.2, -0.15) is 5.10 Å². The molecule has 0 aliphatic rings. The van der Waals surface area contributed by atoms with Gasteiger partial charge >= 0.3 is 5.97 Å². The summed E-state index contributed by atoms with van der Waals surface area (Å²) in [6.45, 7) is 0. The molecule has 72 valence electrons. The Kier molecular flexibility index (Phi) is 3.31. The first-order valence-corrected chi connectivity index (χ1v) is 3.70. The minimum Gasteiger partial charge on any atom is -0.478 e. The maximum Gasteiger partial charge on any atom is 0.337 e. The number of hydrogen-bond acceptors (Lipinski definition) is 4. The topological polar surface area (TPSA) is 100 Å². The minimum atomic E-state index is -1.05. The van der Waals surface area contributed by atoms with Gasteiger partial charge in [0, 0.05) is 0 Å². The molecule has 0 unspecified atom stereocenters. The Morgan fingerprint density at radius 3 is 2.79 bits per heavy atom. The summed E-state index contributed by atoms with van der Waals surface area (Å²) in [6, 6.07) is 6.26. The molecule has 1 aromatic carbocycles. The van der Waals surface area contributed by atoms with Crippen molar-refractivity contribution in [3.63, 3.8) is 0 Å². The molecule has 14 heavy (non-hydrogen) atoms. The lowest BCUT2D eigenvalue weighted by molar-refractivity contribution is 0.0698. The molecule has 0 aromatic heterocycles. The van der Waals surface area contributed by atoms with Gasteiger partial charge in [-0.3, -0.25) is 0 Å². The first-order valence-electron chi connectivity index (χ1n) is 3.70. The lowest BCUT2D eigenvalue weighted by atomic mass is 10.2. The smallest absolute Gasteiger partial charge is 0.337 e. The van der Waals surface area contributed by atoms with Crippen LogP contribution in [0.3, 0.4) is 0 Å². The SMILES string of the molecule is NN=CN=Nc1ccccc1C(=O)O. The molecule has 0 heterocycles. The van der Waals surface area contributed by atoms with E-state index >= 15 is 0 Å². The predicted octanol–water partition coefficient (Wildman–Crippen LogP) is 1.37. The molecule has 0 aliphatic carbocycles. The molecular weight excluding hydrogens is 184 g/mol. The number of nitrogens with zero attached hydrogens (tertiary/aromatic N) is 3. The summed E-state index contributed by atoms with van der Waals surface area (Å²) in [5.41, 5.74) is 0.349. The maximum absolute atomic E-state index is 10.7. The van der Waals surface area contributed by atoms with Crippen molar-refractivity contribution in [2.45, 2.75) is 0 Å². The molecule has 0 radical (unpaired) electrons. The molecular formula is C8H8N4O2. The Balaban J connectivity index is 3.01. The highest BCUT2D eigenvalue weighted by Gasteiger charge is 2.07. The van der Waals surface area contributed by atoms with E-state index in [1.807, 2.05) is 0 Å². The number of carbonyl (C=O) groups is 1. The first-order chi connectivity index (χ1) is 6.75. The van der Waals surface area contributed by atoms with E-state index in [1.165, 1.54) is 12.1 Å². The monoisotopic (exact) mass is 192 g/mol. The number of aromatic carboxylic acids is 1. The fraction of sp³-hybridized carbons (Fsp3) is 0. The van der Waals surface area contributed by atoms with Crippen LogP contribution in [0.15, 0.2) is 39.6 Å². The molecule has 0 saturated heterocycles. The highest BCUT2D eigenvalue weighted by molar-refractivity contribution is 5.93. The number of azo groups is 1. The highest BCUT2D eigenvalue weighted by Crippen LogP contribution is 2.18. The van der Waals surface area contributed by atoms with Crippen LogP contribution in [0.5, 0.6) is 0 Å². The third-order valence-electron chi connectivity index (χ3n) is 1.42. The van der Waals surface area contributed by atoms with Gasteiger partial charge in [0.25, 0.3) is 0 Å². The Bertz CT molecular complexity index is 387. The van der Waals surface area contributed by atoms with Gasteiger partial charge in [-0.15, -0.1) is 10.2 Å². The highest BCUT2D eigenvalue weighted by atomic mass is 16.4. The van der Waals surface area contributed by atoms with Crippen LogP contribution in [0.25, 0.3) is 0 Å². The summed E-state index contributed by atoms with van der Waals surface area (Å²) < 4.78 is 0. The van der Waals surface area contributed by atoms with Crippen LogP contribution < -0.4 is 5.84 Å². The Hall–Kier alpha value is -2.24. The third kappa shape index (κ3) is 2.37. The summed E-state index contributed by atoms with van der Waals surface area (Å²) in [7, 11) is 0. The number of hydrogen-bond donors (Lipinski definition) is 2. The molecule has 6 nitrogen and oxygen atoms in total. The summed E-state index contributed by atoms with van der Waals surface area (Å²) in [4.78, 5) is 10.7. The molecule has 0 aliphatic heterocycles. The standard InChI is InChI=1S/C8H8N4O2/c9-10-5-11-12-7-4-2-1-3-6(7)8(13)14/h1-5H,9H2,(H,13,14). The fourth-order valence-electron chi connectivity index (χ4n) is 0.860. The van der Waals surface area contributed by atoms with Crippen molar-refractivity contribution in [1.82, 2.24) is 0 Å². The van der Waals surface area contributed by atoms with Gasteiger partial charge < -0.3 is 10.9 Å². The Morgan fingerprint density at radius 1 is 1.43 bits per heavy atom. The Morgan fingerprint density at radius 2 is 2.14 bits per heavy atom. The zero-order valence-electron chi connectivity index (χ0n) is 7.16. The molecule has 1 aromatic rings. The molecule has 0 bridgehead atoms. The van der Waals surface area contributed by atoms with Crippen LogP contribution in [0, 0.1) is 0 Å². The van der Waals surface area contributed by atoms with E-state index in [9.17, 15) is 4.79 Å². The number of benzene rings is 1. The lowest BCUT2D eigenvalue weighted by Crippen LogP contribution is -1.95. The summed E-state index contributed by atoms with van der Waals surface area (Å²) in [5.74, 6) is 3.74. The minimum absolute atomic E-state index is 0.0849. The van der Waals surface area contributed by atoms with E-state index in [1.54, 1.807) is 12.1 Å². The average molecular weight is 192 g/mol. The summed E-state index contributed by atoms with van der Waals surface area (Å²) >= 11 is 0. The lowest BCUT2D eigenvalue weighted by Gasteiger charge is -1.96. The van der Waals surface area contributed by atoms with Crippen molar-refractivity contribution in [2.75, 3.05) is 0 Å². The molecule has 0 atom stereocenters.